The number of hydrogen-bond donors (Lipinski definition) is 1. The summed E-state index contributed by atoms with van der Waals surface area (Å²) >= 11 is 0. The van der Waals surface area contributed by atoms with Gasteiger partial charge < -0.3 is 5.32 Å². The minimum Gasteiger partial charge on any atom is -0.361 e. The molecule has 3 aromatic rings. The fraction of sp³-hybridized carbons (Fsp3) is 0.389. The van der Waals surface area contributed by atoms with Crippen LogP contribution in [0.15, 0.2) is 36.9 Å². The molecule has 0 unspecified atom stereocenters. The Morgan fingerprint density at radius 1 is 1.08 bits per heavy atom. The molecule has 0 bridgehead atoms. The van der Waals surface area contributed by atoms with Crippen molar-refractivity contribution in [2.45, 2.75) is 44.6 Å². The Balaban J connectivity index is 1.77. The van der Waals surface area contributed by atoms with E-state index in [0.717, 1.165) is 36.7 Å². The zero-order valence-corrected chi connectivity index (χ0v) is 14.3. The Labute approximate surface area is 150 Å². The van der Waals surface area contributed by atoms with Gasteiger partial charge in [-0.1, -0.05) is 37.8 Å². The quantitative estimate of drug-likeness (QED) is 0.435. The highest BCUT2D eigenvalue weighted by atomic mass is 16.6. The molecule has 8 nitrogen and oxygen atoms in total. The summed E-state index contributed by atoms with van der Waals surface area (Å²) in [7, 11) is 0. The zero-order valence-electron chi connectivity index (χ0n) is 14.3. The Hall–Kier alpha value is -3.03. The molecule has 0 aliphatic heterocycles. The molecule has 8 heteroatoms. The van der Waals surface area contributed by atoms with Crippen molar-refractivity contribution in [2.75, 3.05) is 5.32 Å². The second-order valence-corrected chi connectivity index (χ2v) is 6.59. The standard InChI is InChI=1S/C18H20N6O2/c25-24(26)16-17(22-13-7-3-1-2-4-8-13)19-11-20-18(16)23-12-21-14-9-5-6-10-15(14)23/h5-6,9-13H,1-4,7-8H2,(H,19,20,22). The smallest absolute Gasteiger partial charge is 0.354 e. The largest absolute Gasteiger partial charge is 0.361 e. The lowest BCUT2D eigenvalue weighted by atomic mass is 10.1. The second kappa shape index (κ2) is 7.07. The van der Waals surface area contributed by atoms with Crippen LogP contribution in [0.4, 0.5) is 11.5 Å². The van der Waals surface area contributed by atoms with Gasteiger partial charge in [0.05, 0.1) is 16.0 Å². The number of anilines is 1. The maximum absolute atomic E-state index is 11.8. The molecule has 0 spiro atoms. The number of nitrogens with one attached hydrogen (secondary N) is 1. The fourth-order valence-electron chi connectivity index (χ4n) is 3.56. The number of para-hydroxylation sites is 2. The molecule has 1 saturated carbocycles. The Morgan fingerprint density at radius 2 is 1.85 bits per heavy atom. The van der Waals surface area contributed by atoms with Gasteiger partial charge in [-0.2, -0.15) is 0 Å². The number of fused-ring (bicyclic) bond motifs is 1. The Bertz CT molecular complexity index is 930. The average Bonchev–Trinajstić information content (AvgIpc) is 2.91. The first-order chi connectivity index (χ1) is 12.7. The summed E-state index contributed by atoms with van der Waals surface area (Å²) in [6.07, 6.45) is 9.65. The maximum atomic E-state index is 11.8. The van der Waals surface area contributed by atoms with Gasteiger partial charge in [-0.15, -0.1) is 0 Å². The van der Waals surface area contributed by atoms with Crippen molar-refractivity contribution in [3.63, 3.8) is 0 Å². The molecule has 1 fully saturated rings. The minimum absolute atomic E-state index is 0.111. The van der Waals surface area contributed by atoms with Gasteiger partial charge in [-0.3, -0.25) is 14.7 Å². The van der Waals surface area contributed by atoms with Crippen LogP contribution in [-0.4, -0.2) is 30.5 Å². The topological polar surface area (TPSA) is 98.8 Å². The van der Waals surface area contributed by atoms with Crippen molar-refractivity contribution in [2.24, 2.45) is 0 Å². The highest BCUT2D eigenvalue weighted by Gasteiger charge is 2.27. The third-order valence-corrected chi connectivity index (χ3v) is 4.86. The molecule has 1 N–H and O–H groups in total. The number of imidazole rings is 1. The Morgan fingerprint density at radius 3 is 2.62 bits per heavy atom. The summed E-state index contributed by atoms with van der Waals surface area (Å²) in [5.41, 5.74) is 1.42. The number of benzene rings is 1. The van der Waals surface area contributed by atoms with E-state index in [9.17, 15) is 10.1 Å². The van der Waals surface area contributed by atoms with Crippen LogP contribution in [0.1, 0.15) is 38.5 Å². The number of nitrogens with zero attached hydrogens (tertiary/aromatic N) is 5. The predicted molar refractivity (Wildman–Crippen MR) is 98.4 cm³/mol. The van der Waals surface area contributed by atoms with Crippen molar-refractivity contribution in [3.05, 3.63) is 47.0 Å². The third-order valence-electron chi connectivity index (χ3n) is 4.86. The molecular formula is C18H20N6O2. The predicted octanol–water partition coefficient (Wildman–Crippen LogP) is 3.86. The first-order valence-electron chi connectivity index (χ1n) is 8.92. The number of nitro groups is 1. The lowest BCUT2D eigenvalue weighted by Crippen LogP contribution is -2.20. The van der Waals surface area contributed by atoms with Crippen molar-refractivity contribution in [3.8, 4) is 5.82 Å². The van der Waals surface area contributed by atoms with E-state index in [1.54, 1.807) is 10.9 Å². The highest BCUT2D eigenvalue weighted by molar-refractivity contribution is 5.79. The lowest BCUT2D eigenvalue weighted by molar-refractivity contribution is -0.384. The molecular weight excluding hydrogens is 332 g/mol. The molecule has 1 aromatic carbocycles. The molecule has 1 aliphatic carbocycles. The van der Waals surface area contributed by atoms with Crippen LogP contribution < -0.4 is 5.32 Å². The van der Waals surface area contributed by atoms with Crippen molar-refractivity contribution in [1.29, 1.82) is 0 Å². The van der Waals surface area contributed by atoms with Crippen LogP contribution in [0, 0.1) is 10.1 Å². The van der Waals surface area contributed by atoms with Gasteiger partial charge in [-0.05, 0) is 25.0 Å². The average molecular weight is 352 g/mol. The van der Waals surface area contributed by atoms with E-state index >= 15 is 0 Å². The van der Waals surface area contributed by atoms with Gasteiger partial charge in [0.25, 0.3) is 0 Å². The van der Waals surface area contributed by atoms with E-state index in [4.69, 9.17) is 0 Å². The summed E-state index contributed by atoms with van der Waals surface area (Å²) < 4.78 is 1.65. The van der Waals surface area contributed by atoms with E-state index in [2.05, 4.69) is 20.3 Å². The van der Waals surface area contributed by atoms with E-state index in [1.807, 2.05) is 24.3 Å². The van der Waals surface area contributed by atoms with Crippen molar-refractivity contribution >= 4 is 22.5 Å². The van der Waals surface area contributed by atoms with E-state index in [0.29, 0.717) is 0 Å². The molecule has 0 amide bonds. The van der Waals surface area contributed by atoms with Crippen molar-refractivity contribution < 1.29 is 4.92 Å². The van der Waals surface area contributed by atoms with Gasteiger partial charge in [0.2, 0.25) is 11.6 Å². The molecule has 0 radical (unpaired) electrons. The first-order valence-corrected chi connectivity index (χ1v) is 8.92. The minimum atomic E-state index is -0.414. The second-order valence-electron chi connectivity index (χ2n) is 6.59. The summed E-state index contributed by atoms with van der Waals surface area (Å²) in [6.45, 7) is 0. The van der Waals surface area contributed by atoms with Crippen LogP contribution in [0.5, 0.6) is 0 Å². The number of rotatable bonds is 4. The molecule has 0 atom stereocenters. The molecule has 134 valence electrons. The molecule has 2 heterocycles. The van der Waals surface area contributed by atoms with Crippen LogP contribution in [0.2, 0.25) is 0 Å². The van der Waals surface area contributed by atoms with Gasteiger partial charge in [-0.25, -0.2) is 15.0 Å². The van der Waals surface area contributed by atoms with Crippen LogP contribution in [0.3, 0.4) is 0 Å². The first kappa shape index (κ1) is 16.4. The van der Waals surface area contributed by atoms with Crippen molar-refractivity contribution in [1.82, 2.24) is 19.5 Å². The van der Waals surface area contributed by atoms with Gasteiger partial charge in [0.15, 0.2) is 0 Å². The summed E-state index contributed by atoms with van der Waals surface area (Å²) in [5.74, 6) is 0.513. The summed E-state index contributed by atoms with van der Waals surface area (Å²) in [5, 5.41) is 15.1. The van der Waals surface area contributed by atoms with E-state index in [-0.39, 0.29) is 23.4 Å². The molecule has 1 aliphatic rings. The van der Waals surface area contributed by atoms with Gasteiger partial charge in [0.1, 0.15) is 12.7 Å². The van der Waals surface area contributed by atoms with Crippen LogP contribution in [-0.2, 0) is 0 Å². The van der Waals surface area contributed by atoms with Crippen LogP contribution >= 0.6 is 0 Å². The van der Waals surface area contributed by atoms with E-state index < -0.39 is 4.92 Å². The van der Waals surface area contributed by atoms with Gasteiger partial charge in [0, 0.05) is 6.04 Å². The molecule has 2 aromatic heterocycles. The lowest BCUT2D eigenvalue weighted by Gasteiger charge is -2.17. The third kappa shape index (κ3) is 3.10. The van der Waals surface area contributed by atoms with E-state index in [1.165, 1.54) is 19.2 Å². The number of aromatic nitrogens is 4. The monoisotopic (exact) mass is 352 g/mol. The highest BCUT2D eigenvalue weighted by Crippen LogP contribution is 2.31. The maximum Gasteiger partial charge on any atom is 0.354 e. The summed E-state index contributed by atoms with van der Waals surface area (Å²) in [4.78, 5) is 24.1. The number of hydrogen-bond acceptors (Lipinski definition) is 6. The van der Waals surface area contributed by atoms with Gasteiger partial charge >= 0.3 is 5.69 Å². The Kier molecular flexibility index (Phi) is 4.47. The summed E-state index contributed by atoms with van der Waals surface area (Å²) in [6, 6.07) is 7.69. The normalized spacial score (nSPS) is 15.7. The molecule has 26 heavy (non-hydrogen) atoms. The SMILES string of the molecule is O=[N+]([O-])c1c(NC2CCCCCC2)ncnc1-n1cnc2ccccc21. The molecule has 0 saturated heterocycles. The fourth-order valence-corrected chi connectivity index (χ4v) is 3.56. The zero-order chi connectivity index (χ0) is 17.9. The van der Waals surface area contributed by atoms with Crippen LogP contribution in [0.25, 0.3) is 16.9 Å². The molecule has 4 rings (SSSR count).